The lowest BCUT2D eigenvalue weighted by atomic mass is 10.1. The molecule has 23 heavy (non-hydrogen) atoms. The fraction of sp³-hybridized carbons (Fsp3) is 0.250. The maximum absolute atomic E-state index is 12.6. The summed E-state index contributed by atoms with van der Waals surface area (Å²) in [6.45, 7) is 6.20. The number of nitrogens with one attached hydrogen (secondary N) is 1. The minimum atomic E-state index is 0.203. The molecule has 118 valence electrons. The van der Waals surface area contributed by atoms with E-state index in [1.807, 2.05) is 31.2 Å². The van der Waals surface area contributed by atoms with Gasteiger partial charge in [-0.25, -0.2) is 0 Å². The molecule has 0 bridgehead atoms. The number of aromatic nitrogens is 1. The van der Waals surface area contributed by atoms with Crippen LogP contribution in [0.4, 0.5) is 0 Å². The lowest BCUT2D eigenvalue weighted by molar-refractivity contribution is 0.102. The largest absolute Gasteiger partial charge is 0.358 e. The summed E-state index contributed by atoms with van der Waals surface area (Å²) in [5.74, 6) is 1.58. The fourth-order valence-corrected chi connectivity index (χ4v) is 3.96. The van der Waals surface area contributed by atoms with Crippen molar-refractivity contribution in [1.82, 2.24) is 4.98 Å². The Bertz CT molecular complexity index is 843. The Labute approximate surface area is 141 Å². The number of thioether (sulfide) groups is 1. The number of H-pyrrole nitrogens is 1. The summed E-state index contributed by atoms with van der Waals surface area (Å²) in [6.07, 6.45) is 0. The van der Waals surface area contributed by atoms with Crippen molar-refractivity contribution in [3.05, 3.63) is 70.4 Å². The van der Waals surface area contributed by atoms with Crippen molar-refractivity contribution in [1.29, 1.82) is 0 Å². The third-order valence-corrected chi connectivity index (χ3v) is 4.96. The predicted molar refractivity (Wildman–Crippen MR) is 99.4 cm³/mol. The first-order valence-electron chi connectivity index (χ1n) is 7.80. The third kappa shape index (κ3) is 3.50. The normalized spacial score (nSPS) is 11.1. The van der Waals surface area contributed by atoms with E-state index in [9.17, 15) is 4.79 Å². The molecule has 0 saturated heterocycles. The number of carbonyl (C=O) groups excluding carboxylic acids is 1. The van der Waals surface area contributed by atoms with Crippen molar-refractivity contribution in [2.45, 2.75) is 26.5 Å². The smallest absolute Gasteiger partial charge is 0.175 e. The van der Waals surface area contributed by atoms with E-state index in [1.54, 1.807) is 11.8 Å². The number of fused-ring (bicyclic) bond motifs is 1. The number of rotatable bonds is 5. The number of ketones is 1. The highest BCUT2D eigenvalue weighted by Gasteiger charge is 2.15. The average molecular weight is 323 g/mol. The number of Topliss-reactive ketones (excluding diaryl/α,β-unsaturated/α-hetero) is 1. The highest BCUT2D eigenvalue weighted by atomic mass is 32.2. The third-order valence-electron chi connectivity index (χ3n) is 3.96. The molecule has 0 saturated carbocycles. The summed E-state index contributed by atoms with van der Waals surface area (Å²) in [4.78, 5) is 15.9. The zero-order chi connectivity index (χ0) is 16.4. The molecule has 1 heterocycles. The quantitative estimate of drug-likeness (QED) is 0.654. The number of hydrogen-bond acceptors (Lipinski definition) is 2. The molecule has 3 aromatic rings. The Kier molecular flexibility index (Phi) is 4.58. The number of hydrogen-bond donors (Lipinski definition) is 1. The molecule has 0 spiro atoms. The van der Waals surface area contributed by atoms with Crippen LogP contribution in [-0.4, -0.2) is 16.5 Å². The van der Waals surface area contributed by atoms with Crippen LogP contribution in [0.1, 0.15) is 32.7 Å². The summed E-state index contributed by atoms with van der Waals surface area (Å²) < 4.78 is 0. The molecule has 2 nitrogen and oxygen atoms in total. The van der Waals surface area contributed by atoms with Crippen LogP contribution in [0.2, 0.25) is 0 Å². The standard InChI is InChI=1S/C20H21NOS/c1-13-8-14(2)10-16(9-13)11-23-12-19(22)20-15(3)21-18-7-5-4-6-17(18)20/h4-10,21H,11-12H2,1-3H3. The van der Waals surface area contributed by atoms with Crippen molar-refractivity contribution in [2.75, 3.05) is 5.75 Å². The van der Waals surface area contributed by atoms with Gasteiger partial charge in [0.05, 0.1) is 5.75 Å². The average Bonchev–Trinajstić information content (AvgIpc) is 2.82. The second kappa shape index (κ2) is 6.63. The molecule has 0 radical (unpaired) electrons. The van der Waals surface area contributed by atoms with Crippen molar-refractivity contribution in [3.63, 3.8) is 0 Å². The van der Waals surface area contributed by atoms with Gasteiger partial charge in [0.2, 0.25) is 0 Å². The van der Waals surface area contributed by atoms with E-state index >= 15 is 0 Å². The molecule has 0 aliphatic rings. The molecule has 2 aromatic carbocycles. The Balaban J connectivity index is 1.70. The molecule has 0 amide bonds. The number of aromatic amines is 1. The van der Waals surface area contributed by atoms with Crippen LogP contribution in [0.25, 0.3) is 10.9 Å². The molecular formula is C20H21NOS. The Morgan fingerprint density at radius 3 is 2.48 bits per heavy atom. The maximum Gasteiger partial charge on any atom is 0.175 e. The van der Waals surface area contributed by atoms with E-state index in [4.69, 9.17) is 0 Å². The van der Waals surface area contributed by atoms with Crippen LogP contribution in [0.5, 0.6) is 0 Å². The second-order valence-electron chi connectivity index (χ2n) is 6.08. The van der Waals surface area contributed by atoms with Crippen LogP contribution >= 0.6 is 11.8 Å². The molecular weight excluding hydrogens is 302 g/mol. The summed E-state index contributed by atoms with van der Waals surface area (Å²) in [7, 11) is 0. The zero-order valence-corrected chi connectivity index (χ0v) is 14.6. The van der Waals surface area contributed by atoms with E-state index in [2.05, 4.69) is 37.0 Å². The van der Waals surface area contributed by atoms with Crippen molar-refractivity contribution >= 4 is 28.4 Å². The van der Waals surface area contributed by atoms with Gasteiger partial charge in [0.15, 0.2) is 5.78 Å². The van der Waals surface area contributed by atoms with Crippen LogP contribution in [0, 0.1) is 20.8 Å². The van der Waals surface area contributed by atoms with Gasteiger partial charge in [0, 0.05) is 27.9 Å². The van der Waals surface area contributed by atoms with E-state index in [0.29, 0.717) is 5.75 Å². The van der Waals surface area contributed by atoms with Crippen molar-refractivity contribution in [2.24, 2.45) is 0 Å². The zero-order valence-electron chi connectivity index (χ0n) is 13.8. The molecule has 0 unspecified atom stereocenters. The van der Waals surface area contributed by atoms with Gasteiger partial charge >= 0.3 is 0 Å². The first-order chi connectivity index (χ1) is 11.0. The minimum absolute atomic E-state index is 0.203. The molecule has 0 aliphatic heterocycles. The number of para-hydroxylation sites is 1. The van der Waals surface area contributed by atoms with Crippen LogP contribution in [0.15, 0.2) is 42.5 Å². The van der Waals surface area contributed by atoms with Crippen LogP contribution in [0.3, 0.4) is 0 Å². The highest BCUT2D eigenvalue weighted by molar-refractivity contribution is 7.99. The number of aryl methyl sites for hydroxylation is 3. The van der Waals surface area contributed by atoms with Gasteiger partial charge in [-0.05, 0) is 32.4 Å². The molecule has 1 aromatic heterocycles. The van der Waals surface area contributed by atoms with Crippen LogP contribution < -0.4 is 0 Å². The van der Waals surface area contributed by atoms with Gasteiger partial charge in [-0.1, -0.05) is 47.5 Å². The van der Waals surface area contributed by atoms with Gasteiger partial charge in [-0.15, -0.1) is 11.8 Å². The lowest BCUT2D eigenvalue weighted by Crippen LogP contribution is -2.04. The topological polar surface area (TPSA) is 32.9 Å². The monoisotopic (exact) mass is 323 g/mol. The first kappa shape index (κ1) is 15.9. The second-order valence-corrected chi connectivity index (χ2v) is 7.07. The SMILES string of the molecule is Cc1cc(C)cc(CSCC(=O)c2c(C)[nH]c3ccccc23)c1. The van der Waals surface area contributed by atoms with Crippen molar-refractivity contribution in [3.8, 4) is 0 Å². The first-order valence-corrected chi connectivity index (χ1v) is 8.95. The van der Waals surface area contributed by atoms with Gasteiger partial charge < -0.3 is 4.98 Å². The summed E-state index contributed by atoms with van der Waals surface area (Å²) >= 11 is 1.68. The number of carbonyl (C=O) groups is 1. The molecule has 0 aliphatic carbocycles. The van der Waals surface area contributed by atoms with Gasteiger partial charge in [0.25, 0.3) is 0 Å². The Morgan fingerprint density at radius 1 is 1.04 bits per heavy atom. The van der Waals surface area contributed by atoms with E-state index in [0.717, 1.165) is 27.9 Å². The molecule has 1 N–H and O–H groups in total. The van der Waals surface area contributed by atoms with Gasteiger partial charge in [-0.3, -0.25) is 4.79 Å². The Morgan fingerprint density at radius 2 is 1.74 bits per heavy atom. The molecule has 3 heteroatoms. The Hall–Kier alpha value is -2.00. The molecule has 3 rings (SSSR count). The maximum atomic E-state index is 12.6. The summed E-state index contributed by atoms with van der Waals surface area (Å²) in [5, 5.41) is 1.03. The predicted octanol–water partition coefficient (Wildman–Crippen LogP) is 5.21. The van der Waals surface area contributed by atoms with Crippen LogP contribution in [-0.2, 0) is 5.75 Å². The van der Waals surface area contributed by atoms with E-state index in [-0.39, 0.29) is 5.78 Å². The number of benzene rings is 2. The fourth-order valence-electron chi connectivity index (χ4n) is 3.12. The molecule has 0 atom stereocenters. The van der Waals surface area contributed by atoms with E-state index < -0.39 is 0 Å². The highest BCUT2D eigenvalue weighted by Crippen LogP contribution is 2.24. The van der Waals surface area contributed by atoms with Gasteiger partial charge in [0.1, 0.15) is 0 Å². The lowest BCUT2D eigenvalue weighted by Gasteiger charge is -2.05. The summed E-state index contributed by atoms with van der Waals surface area (Å²) in [5.41, 5.74) is 6.68. The summed E-state index contributed by atoms with van der Waals surface area (Å²) in [6, 6.07) is 14.6. The van der Waals surface area contributed by atoms with E-state index in [1.165, 1.54) is 16.7 Å². The van der Waals surface area contributed by atoms with Gasteiger partial charge in [-0.2, -0.15) is 0 Å². The van der Waals surface area contributed by atoms with Crippen molar-refractivity contribution < 1.29 is 4.79 Å². The molecule has 0 fully saturated rings. The minimum Gasteiger partial charge on any atom is -0.358 e.